The van der Waals surface area contributed by atoms with E-state index in [9.17, 15) is 9.59 Å². The number of aryl methyl sites for hydroxylation is 3. The van der Waals surface area contributed by atoms with Gasteiger partial charge in [0.05, 0.1) is 0 Å². The van der Waals surface area contributed by atoms with E-state index in [4.69, 9.17) is 4.74 Å². The highest BCUT2D eigenvalue weighted by molar-refractivity contribution is 5.88. The topological polar surface area (TPSA) is 58.6 Å². The molecule has 0 bridgehead atoms. The van der Waals surface area contributed by atoms with Gasteiger partial charge >= 0.3 is 0 Å². The summed E-state index contributed by atoms with van der Waals surface area (Å²) in [5.74, 6) is 0.396. The van der Waals surface area contributed by atoms with E-state index in [1.165, 1.54) is 0 Å². The smallest absolute Gasteiger partial charge is 0.261 e. The maximum atomic E-state index is 13.3. The normalized spacial score (nSPS) is 11.6. The number of hydrogen-bond donors (Lipinski definition) is 1. The van der Waals surface area contributed by atoms with Gasteiger partial charge in [-0.25, -0.2) is 0 Å². The molecule has 0 aliphatic heterocycles. The van der Waals surface area contributed by atoms with Gasteiger partial charge in [-0.15, -0.1) is 0 Å². The van der Waals surface area contributed by atoms with E-state index in [-0.39, 0.29) is 18.4 Å². The molecule has 0 unspecified atom stereocenters. The van der Waals surface area contributed by atoms with Crippen molar-refractivity contribution in [1.29, 1.82) is 0 Å². The zero-order chi connectivity index (χ0) is 22.8. The van der Waals surface area contributed by atoms with Crippen molar-refractivity contribution in [2.75, 3.05) is 13.2 Å². The second-order valence-corrected chi connectivity index (χ2v) is 8.14. The van der Waals surface area contributed by atoms with Gasteiger partial charge in [-0.1, -0.05) is 62.2 Å². The van der Waals surface area contributed by atoms with Gasteiger partial charge in [0.25, 0.3) is 5.91 Å². The Morgan fingerprint density at radius 1 is 1.03 bits per heavy atom. The Balaban J connectivity index is 2.21. The third-order valence-corrected chi connectivity index (χ3v) is 5.35. The molecular formula is C26H36N2O3. The van der Waals surface area contributed by atoms with Gasteiger partial charge in [-0.3, -0.25) is 9.59 Å². The average Bonchev–Trinajstić information content (AvgIpc) is 2.74. The fourth-order valence-corrected chi connectivity index (χ4v) is 3.52. The number of nitrogens with zero attached hydrogens (tertiary/aromatic N) is 1. The second kappa shape index (κ2) is 12.1. The fraction of sp³-hybridized carbons (Fsp3) is 0.462. The van der Waals surface area contributed by atoms with Crippen LogP contribution in [0.15, 0.2) is 42.5 Å². The van der Waals surface area contributed by atoms with Crippen molar-refractivity contribution in [2.24, 2.45) is 0 Å². The van der Waals surface area contributed by atoms with E-state index < -0.39 is 6.04 Å². The van der Waals surface area contributed by atoms with Crippen molar-refractivity contribution in [3.05, 3.63) is 64.7 Å². The van der Waals surface area contributed by atoms with Crippen LogP contribution in [-0.2, 0) is 16.1 Å². The first-order valence-electron chi connectivity index (χ1n) is 11.2. The molecule has 0 aliphatic carbocycles. The zero-order valence-electron chi connectivity index (χ0n) is 19.5. The molecule has 0 heterocycles. The molecule has 5 heteroatoms. The van der Waals surface area contributed by atoms with Crippen LogP contribution in [0.5, 0.6) is 5.75 Å². The predicted molar refractivity (Wildman–Crippen MR) is 125 cm³/mol. The number of unbranched alkanes of at least 4 members (excludes halogenated alkanes) is 1. The van der Waals surface area contributed by atoms with Crippen LogP contribution in [0.1, 0.15) is 55.4 Å². The zero-order valence-corrected chi connectivity index (χ0v) is 19.5. The number of carbonyl (C=O) groups is 2. The van der Waals surface area contributed by atoms with Crippen molar-refractivity contribution < 1.29 is 14.3 Å². The standard InChI is InChI=1S/C26H36N2O3/c1-6-8-14-27-26(30)23(7-2)28(17-22-11-9-10-19(3)15-22)25(29)18-31-24-16-20(4)12-13-21(24)5/h9-13,15-16,23H,6-8,14,17-18H2,1-5H3,(H,27,30)/t23-/m0/s1. The van der Waals surface area contributed by atoms with Crippen LogP contribution in [-0.4, -0.2) is 35.9 Å². The quantitative estimate of drug-likeness (QED) is 0.531. The van der Waals surface area contributed by atoms with E-state index in [0.29, 0.717) is 25.3 Å². The Morgan fingerprint density at radius 3 is 2.45 bits per heavy atom. The molecule has 2 amide bonds. The van der Waals surface area contributed by atoms with Gasteiger partial charge < -0.3 is 15.0 Å². The number of nitrogens with one attached hydrogen (secondary N) is 1. The Kier molecular flexibility index (Phi) is 9.57. The lowest BCUT2D eigenvalue weighted by atomic mass is 10.1. The van der Waals surface area contributed by atoms with Gasteiger partial charge in [0.15, 0.2) is 6.61 Å². The average molecular weight is 425 g/mol. The van der Waals surface area contributed by atoms with Crippen LogP contribution in [0.2, 0.25) is 0 Å². The number of benzene rings is 2. The molecule has 1 atom stereocenters. The molecule has 2 aromatic carbocycles. The maximum absolute atomic E-state index is 13.3. The van der Waals surface area contributed by atoms with E-state index in [1.807, 2.05) is 70.2 Å². The minimum Gasteiger partial charge on any atom is -0.483 e. The molecule has 1 N–H and O–H groups in total. The first kappa shape index (κ1) is 24.4. The highest BCUT2D eigenvalue weighted by Crippen LogP contribution is 2.20. The van der Waals surface area contributed by atoms with Crippen molar-refractivity contribution in [3.63, 3.8) is 0 Å². The van der Waals surface area contributed by atoms with Crippen LogP contribution in [0.4, 0.5) is 0 Å². The van der Waals surface area contributed by atoms with Crippen LogP contribution >= 0.6 is 0 Å². The first-order valence-corrected chi connectivity index (χ1v) is 11.2. The molecule has 0 saturated carbocycles. The number of amides is 2. The summed E-state index contributed by atoms with van der Waals surface area (Å²) in [5.41, 5.74) is 4.18. The summed E-state index contributed by atoms with van der Waals surface area (Å²) < 4.78 is 5.87. The van der Waals surface area contributed by atoms with Crippen LogP contribution in [0, 0.1) is 20.8 Å². The molecule has 0 radical (unpaired) electrons. The lowest BCUT2D eigenvalue weighted by Crippen LogP contribution is -2.50. The number of carbonyl (C=O) groups excluding carboxylic acids is 2. The second-order valence-electron chi connectivity index (χ2n) is 8.14. The van der Waals surface area contributed by atoms with Crippen LogP contribution in [0.3, 0.4) is 0 Å². The lowest BCUT2D eigenvalue weighted by molar-refractivity contribution is -0.143. The van der Waals surface area contributed by atoms with E-state index in [2.05, 4.69) is 12.2 Å². The highest BCUT2D eigenvalue weighted by Gasteiger charge is 2.28. The minimum absolute atomic E-state index is 0.102. The molecule has 0 aliphatic rings. The van der Waals surface area contributed by atoms with Gasteiger partial charge in [-0.2, -0.15) is 0 Å². The molecule has 0 aromatic heterocycles. The van der Waals surface area contributed by atoms with E-state index in [1.54, 1.807) is 4.90 Å². The molecule has 0 spiro atoms. The monoisotopic (exact) mass is 424 g/mol. The Hall–Kier alpha value is -2.82. The van der Waals surface area contributed by atoms with Gasteiger partial charge in [-0.05, 0) is 56.4 Å². The molecule has 5 nitrogen and oxygen atoms in total. The molecule has 2 aromatic rings. The summed E-state index contributed by atoms with van der Waals surface area (Å²) in [4.78, 5) is 27.8. The summed E-state index contributed by atoms with van der Waals surface area (Å²) >= 11 is 0. The van der Waals surface area contributed by atoms with Crippen molar-refractivity contribution in [1.82, 2.24) is 10.2 Å². The first-order chi connectivity index (χ1) is 14.8. The van der Waals surface area contributed by atoms with Gasteiger partial charge in [0.2, 0.25) is 5.91 Å². The number of ether oxygens (including phenoxy) is 1. The summed E-state index contributed by atoms with van der Waals surface area (Å²) in [6.07, 6.45) is 2.47. The number of hydrogen-bond acceptors (Lipinski definition) is 3. The minimum atomic E-state index is -0.535. The van der Waals surface area contributed by atoms with Gasteiger partial charge in [0.1, 0.15) is 11.8 Å². The van der Waals surface area contributed by atoms with Crippen LogP contribution in [0.25, 0.3) is 0 Å². The molecular weight excluding hydrogens is 388 g/mol. The fourth-order valence-electron chi connectivity index (χ4n) is 3.52. The Labute approximate surface area is 186 Å². The molecule has 168 valence electrons. The molecule has 0 fully saturated rings. The maximum Gasteiger partial charge on any atom is 0.261 e. The largest absolute Gasteiger partial charge is 0.483 e. The molecule has 0 saturated heterocycles. The lowest BCUT2D eigenvalue weighted by Gasteiger charge is -2.30. The molecule has 31 heavy (non-hydrogen) atoms. The summed E-state index contributed by atoms with van der Waals surface area (Å²) in [6.45, 7) is 10.9. The predicted octanol–water partition coefficient (Wildman–Crippen LogP) is 4.71. The van der Waals surface area contributed by atoms with Crippen molar-refractivity contribution in [2.45, 2.75) is 66.5 Å². The highest BCUT2D eigenvalue weighted by atomic mass is 16.5. The number of rotatable bonds is 11. The summed E-state index contributed by atoms with van der Waals surface area (Å²) in [6, 6.07) is 13.4. The molecule has 2 rings (SSSR count). The summed E-state index contributed by atoms with van der Waals surface area (Å²) in [7, 11) is 0. The van der Waals surface area contributed by atoms with Crippen molar-refractivity contribution in [3.8, 4) is 5.75 Å². The van der Waals surface area contributed by atoms with Crippen LogP contribution < -0.4 is 10.1 Å². The Morgan fingerprint density at radius 2 is 1.77 bits per heavy atom. The van der Waals surface area contributed by atoms with Gasteiger partial charge in [0, 0.05) is 13.1 Å². The SMILES string of the molecule is CCCCNC(=O)[C@H](CC)N(Cc1cccc(C)c1)C(=O)COc1cc(C)ccc1C. The summed E-state index contributed by atoms with van der Waals surface area (Å²) in [5, 5.41) is 2.98. The third-order valence-electron chi connectivity index (χ3n) is 5.35. The Bertz CT molecular complexity index is 879. The van der Waals surface area contributed by atoms with E-state index in [0.717, 1.165) is 35.1 Å². The third kappa shape index (κ3) is 7.42. The van der Waals surface area contributed by atoms with Crippen molar-refractivity contribution >= 4 is 11.8 Å². The van der Waals surface area contributed by atoms with E-state index >= 15 is 0 Å².